The summed E-state index contributed by atoms with van der Waals surface area (Å²) < 4.78 is 5.55. The summed E-state index contributed by atoms with van der Waals surface area (Å²) in [4.78, 5) is 0. The van der Waals surface area contributed by atoms with E-state index in [1.54, 1.807) is 6.26 Å². The maximum absolute atomic E-state index is 5.71. The first-order valence-electron chi connectivity index (χ1n) is 6.70. The van der Waals surface area contributed by atoms with Crippen LogP contribution in [0.2, 0.25) is 0 Å². The van der Waals surface area contributed by atoms with Crippen molar-refractivity contribution < 1.29 is 4.42 Å². The summed E-state index contributed by atoms with van der Waals surface area (Å²) in [6.45, 7) is 6.48. The predicted molar refractivity (Wildman–Crippen MR) is 77.6 cm³/mol. The Hall–Kier alpha value is -1.58. The number of hydrazine groups is 1. The average Bonchev–Trinajstić information content (AvgIpc) is 2.77. The molecule has 1 heterocycles. The Morgan fingerprint density at radius 1 is 1.26 bits per heavy atom. The summed E-state index contributed by atoms with van der Waals surface area (Å²) in [5.74, 6) is 7.23. The maximum atomic E-state index is 5.71. The lowest BCUT2D eigenvalue weighted by Crippen LogP contribution is -2.29. The highest BCUT2D eigenvalue weighted by atomic mass is 16.3. The van der Waals surface area contributed by atoms with Crippen molar-refractivity contribution in [2.75, 3.05) is 0 Å². The number of rotatable bonds is 5. The topological polar surface area (TPSA) is 51.2 Å². The molecule has 0 amide bonds. The van der Waals surface area contributed by atoms with Crippen LogP contribution in [0.3, 0.4) is 0 Å². The van der Waals surface area contributed by atoms with Gasteiger partial charge in [-0.15, -0.1) is 0 Å². The standard InChI is InChI=1S/C16H22N2O/c1-11(2)9-13-5-4-6-14(10-13)15(18-17)16-12(3)7-8-19-16/h4-8,10-11,15,18H,9,17H2,1-3H3. The van der Waals surface area contributed by atoms with Gasteiger partial charge in [0.25, 0.3) is 0 Å². The van der Waals surface area contributed by atoms with Crippen LogP contribution in [0, 0.1) is 12.8 Å². The summed E-state index contributed by atoms with van der Waals surface area (Å²) in [6, 6.07) is 10.4. The lowest BCUT2D eigenvalue weighted by Gasteiger charge is -2.16. The molecule has 2 aromatic rings. The molecule has 3 N–H and O–H groups in total. The highest BCUT2D eigenvalue weighted by molar-refractivity contribution is 5.33. The second-order valence-electron chi connectivity index (χ2n) is 5.41. The lowest BCUT2D eigenvalue weighted by molar-refractivity contribution is 0.449. The molecule has 0 saturated heterocycles. The van der Waals surface area contributed by atoms with Crippen LogP contribution in [-0.4, -0.2) is 0 Å². The van der Waals surface area contributed by atoms with Gasteiger partial charge in [-0.25, -0.2) is 5.43 Å². The number of aryl methyl sites for hydroxylation is 1. The van der Waals surface area contributed by atoms with Gasteiger partial charge in [-0.2, -0.15) is 0 Å². The number of furan rings is 1. The van der Waals surface area contributed by atoms with Crippen LogP contribution >= 0.6 is 0 Å². The number of nitrogens with two attached hydrogens (primary N) is 1. The molecule has 0 aliphatic carbocycles. The Balaban J connectivity index is 2.31. The van der Waals surface area contributed by atoms with Gasteiger partial charge in [0.15, 0.2) is 0 Å². The van der Waals surface area contributed by atoms with Gasteiger partial charge in [0.2, 0.25) is 0 Å². The highest BCUT2D eigenvalue weighted by Gasteiger charge is 2.18. The molecule has 102 valence electrons. The molecule has 0 spiro atoms. The molecular formula is C16H22N2O. The monoisotopic (exact) mass is 258 g/mol. The highest BCUT2D eigenvalue weighted by Crippen LogP contribution is 2.26. The molecule has 1 atom stereocenters. The molecule has 2 rings (SSSR count). The van der Waals surface area contributed by atoms with Gasteiger partial charge >= 0.3 is 0 Å². The van der Waals surface area contributed by atoms with Crippen molar-refractivity contribution in [3.05, 3.63) is 59.0 Å². The van der Waals surface area contributed by atoms with Crippen LogP contribution in [0.5, 0.6) is 0 Å². The van der Waals surface area contributed by atoms with E-state index in [9.17, 15) is 0 Å². The van der Waals surface area contributed by atoms with E-state index in [0.29, 0.717) is 5.92 Å². The first-order valence-corrected chi connectivity index (χ1v) is 6.70. The Kier molecular flexibility index (Phi) is 4.40. The number of hydrogen-bond acceptors (Lipinski definition) is 3. The third kappa shape index (κ3) is 3.25. The second-order valence-corrected chi connectivity index (χ2v) is 5.41. The average molecular weight is 258 g/mol. The Bertz CT molecular complexity index is 531. The van der Waals surface area contributed by atoms with Crippen molar-refractivity contribution in [3.63, 3.8) is 0 Å². The van der Waals surface area contributed by atoms with Crippen LogP contribution < -0.4 is 11.3 Å². The first kappa shape index (κ1) is 13.8. The number of nitrogens with one attached hydrogen (secondary N) is 1. The molecule has 1 aromatic heterocycles. The lowest BCUT2D eigenvalue weighted by atomic mass is 9.96. The summed E-state index contributed by atoms with van der Waals surface area (Å²) in [7, 11) is 0. The molecule has 3 nitrogen and oxygen atoms in total. The summed E-state index contributed by atoms with van der Waals surface area (Å²) in [5.41, 5.74) is 6.43. The van der Waals surface area contributed by atoms with Crippen LogP contribution in [0.25, 0.3) is 0 Å². The van der Waals surface area contributed by atoms with Crippen LogP contribution in [-0.2, 0) is 6.42 Å². The van der Waals surface area contributed by atoms with E-state index in [1.165, 1.54) is 5.56 Å². The number of hydrogen-bond donors (Lipinski definition) is 2. The van der Waals surface area contributed by atoms with Crippen molar-refractivity contribution in [1.82, 2.24) is 5.43 Å². The van der Waals surface area contributed by atoms with Gasteiger partial charge in [-0.1, -0.05) is 38.1 Å². The van der Waals surface area contributed by atoms with Crippen molar-refractivity contribution >= 4 is 0 Å². The zero-order chi connectivity index (χ0) is 13.8. The van der Waals surface area contributed by atoms with Gasteiger partial charge < -0.3 is 4.42 Å². The quantitative estimate of drug-likeness (QED) is 0.639. The molecular weight excluding hydrogens is 236 g/mol. The third-order valence-electron chi connectivity index (χ3n) is 3.26. The van der Waals surface area contributed by atoms with E-state index < -0.39 is 0 Å². The molecule has 1 aromatic carbocycles. The van der Waals surface area contributed by atoms with Gasteiger partial charge in [0.05, 0.1) is 6.26 Å². The molecule has 0 fully saturated rings. The maximum Gasteiger partial charge on any atom is 0.129 e. The Morgan fingerprint density at radius 3 is 2.63 bits per heavy atom. The first-order chi connectivity index (χ1) is 9.11. The van der Waals surface area contributed by atoms with E-state index in [-0.39, 0.29) is 6.04 Å². The number of benzene rings is 1. The van der Waals surface area contributed by atoms with E-state index in [1.807, 2.05) is 13.0 Å². The van der Waals surface area contributed by atoms with Crippen molar-refractivity contribution in [2.45, 2.75) is 33.2 Å². The van der Waals surface area contributed by atoms with Gasteiger partial charge in [0.1, 0.15) is 11.8 Å². The summed E-state index contributed by atoms with van der Waals surface area (Å²) in [6.07, 6.45) is 2.77. The third-order valence-corrected chi connectivity index (χ3v) is 3.26. The fraction of sp³-hybridized carbons (Fsp3) is 0.375. The Labute approximate surface area is 114 Å². The fourth-order valence-electron chi connectivity index (χ4n) is 2.37. The molecule has 0 radical (unpaired) electrons. The van der Waals surface area contributed by atoms with Gasteiger partial charge in [-0.05, 0) is 42.0 Å². The van der Waals surface area contributed by atoms with Crippen molar-refractivity contribution in [2.24, 2.45) is 11.8 Å². The SMILES string of the molecule is Cc1ccoc1C(NN)c1cccc(CC(C)C)c1. The minimum atomic E-state index is -0.0953. The largest absolute Gasteiger partial charge is 0.467 e. The molecule has 3 heteroatoms. The zero-order valence-electron chi connectivity index (χ0n) is 11.8. The van der Waals surface area contributed by atoms with Crippen molar-refractivity contribution in [3.8, 4) is 0 Å². The minimum absolute atomic E-state index is 0.0953. The normalized spacial score (nSPS) is 12.9. The predicted octanol–water partition coefficient (Wildman–Crippen LogP) is 3.34. The molecule has 0 aliphatic rings. The second kappa shape index (κ2) is 6.04. The summed E-state index contributed by atoms with van der Waals surface area (Å²) >= 11 is 0. The van der Waals surface area contributed by atoms with E-state index in [4.69, 9.17) is 10.3 Å². The molecule has 0 aliphatic heterocycles. The Morgan fingerprint density at radius 2 is 2.05 bits per heavy atom. The van der Waals surface area contributed by atoms with E-state index in [0.717, 1.165) is 23.3 Å². The van der Waals surface area contributed by atoms with Gasteiger partial charge in [-0.3, -0.25) is 5.84 Å². The van der Waals surface area contributed by atoms with E-state index >= 15 is 0 Å². The van der Waals surface area contributed by atoms with Crippen LogP contribution in [0.15, 0.2) is 41.0 Å². The smallest absolute Gasteiger partial charge is 0.129 e. The zero-order valence-corrected chi connectivity index (χ0v) is 11.8. The van der Waals surface area contributed by atoms with Crippen molar-refractivity contribution in [1.29, 1.82) is 0 Å². The molecule has 0 saturated carbocycles. The molecule has 1 unspecified atom stereocenters. The molecule has 0 bridgehead atoms. The van der Waals surface area contributed by atoms with Crippen LogP contribution in [0.4, 0.5) is 0 Å². The summed E-state index contributed by atoms with van der Waals surface area (Å²) in [5, 5.41) is 0. The van der Waals surface area contributed by atoms with E-state index in [2.05, 4.69) is 43.5 Å². The minimum Gasteiger partial charge on any atom is -0.467 e. The molecule has 19 heavy (non-hydrogen) atoms. The fourth-order valence-corrected chi connectivity index (χ4v) is 2.37. The van der Waals surface area contributed by atoms with Gasteiger partial charge in [0, 0.05) is 0 Å². The van der Waals surface area contributed by atoms with Crippen LogP contribution in [0.1, 0.15) is 42.3 Å².